The van der Waals surface area contributed by atoms with Crippen molar-refractivity contribution in [1.82, 2.24) is 85.0 Å². The van der Waals surface area contributed by atoms with Crippen molar-refractivity contribution < 1.29 is 106 Å². The topological polar surface area (TPSA) is 633 Å². The van der Waals surface area contributed by atoms with Gasteiger partial charge in [-0.2, -0.15) is 0 Å². The summed E-state index contributed by atoms with van der Waals surface area (Å²) in [4.78, 5) is 271. The molecule has 1 aliphatic rings. The summed E-state index contributed by atoms with van der Waals surface area (Å²) >= 11 is 0. The van der Waals surface area contributed by atoms with E-state index in [1.54, 1.807) is 102 Å². The summed E-state index contributed by atoms with van der Waals surface area (Å²) in [5.41, 5.74) is 14.7. The van der Waals surface area contributed by atoms with Crippen molar-refractivity contribution in [2.45, 2.75) is 328 Å². The summed E-state index contributed by atoms with van der Waals surface area (Å²) < 4.78 is 0. The number of carboxylic acids is 1. The van der Waals surface area contributed by atoms with Gasteiger partial charge in [0, 0.05) is 74.6 Å². The quantitative estimate of drug-likeness (QED) is 0.0172. The Kier molecular flexibility index (Phi) is 47.0. The number of aliphatic hydroxyl groups excluding tert-OH is 1. The second-order valence-corrected chi connectivity index (χ2v) is 37.3. The van der Waals surface area contributed by atoms with Crippen LogP contribution < -0.4 is 91.4 Å². The lowest BCUT2D eigenvalue weighted by atomic mass is 9.89. The first-order chi connectivity index (χ1) is 64.4. The van der Waals surface area contributed by atoms with E-state index in [-0.39, 0.29) is 87.5 Å². The van der Waals surface area contributed by atoms with E-state index < -0.39 is 240 Å². The van der Waals surface area contributed by atoms with E-state index in [1.165, 1.54) is 86.6 Å². The molecule has 3 aromatic carbocycles. The number of Topliss-reactive ketones (excluding diaryl/α,β-unsaturated/α-hetero) is 4. The molecule has 0 bridgehead atoms. The molecule has 4 aromatic rings. The van der Waals surface area contributed by atoms with Gasteiger partial charge in [0.25, 0.3) is 0 Å². The van der Waals surface area contributed by atoms with Crippen molar-refractivity contribution in [3.05, 3.63) is 114 Å². The number of H-pyrrole nitrogens is 1. The standard InChI is InChI=1S/C97H144N18O22/c1-53(2)46-67-52-101-71(40-42-77(98)119)83(125)81(123)58(8)103-89(131)76(50-66-51-100-70-33-27-26-32-69(66)70)108-90(132)74(49-65-36-38-68(118)39-37-65)107-88(130)72(41-43-78(120)121)110-95(137)97(15,113-92(134)75(48-64-30-24-23-25-31-64)109-93(135)79(62(12)116)111-91(133)73(47-54(3)4)106-63(13)117)45-29-22-20-18-16-17-19-21-28-44-96(14,112-87(67)129)94(136)105-61(11)86(128)104-60(10)85(127)102-57(7)80(122)82(124)59(9)115-114-56(6)35-34-55(5)84(99)126/h17,19,23-27,30-33,36-39,51,53-62,67,71-76,79,100-101,114-116,118H,16,18,20-22,28-29,34-35,40-50,52H2,1-15H3,(H2,98,119)(H2,99,126)(H,102,127)(H,103,131)(H,104,128)(H,105,136)(H,106,117)(H,107,130)(H,108,132)(H,109,135)(H,110,137)(H,111,133)(H,112,129)(H,113,134)(H,120,121)/b19-17+/t55-,56+,57-,58?,59-,60?,61-,62+,67+,71-,72-,73-,74?,75-,76-,79-,96-,97+/m0/s1. The Hall–Kier alpha value is -12.7. The van der Waals surface area contributed by atoms with Gasteiger partial charge in [-0.1, -0.05) is 127 Å². The number of amides is 14. The minimum atomic E-state index is -2.08. The molecule has 0 aliphatic carbocycles. The Labute approximate surface area is 799 Å². The number of benzene rings is 3. The molecule has 40 nitrogen and oxygen atoms in total. The number of phenolic OH excluding ortho intramolecular Hbond substituents is 1. The second kappa shape index (κ2) is 56.1. The number of aliphatic carboxylic acids is 1. The van der Waals surface area contributed by atoms with Gasteiger partial charge >= 0.3 is 5.97 Å². The lowest BCUT2D eigenvalue weighted by molar-refractivity contribution is -0.140. The summed E-state index contributed by atoms with van der Waals surface area (Å²) in [5.74, 6) is -20.1. The fourth-order valence-corrected chi connectivity index (χ4v) is 15.5. The molecule has 3 unspecified atom stereocenters. The maximum absolute atomic E-state index is 15.6. The third kappa shape index (κ3) is 38.8. The first kappa shape index (κ1) is 115. The predicted octanol–water partition coefficient (Wildman–Crippen LogP) is 1.91. The number of aromatic hydroxyl groups is 1. The Morgan fingerprint density at radius 1 is 0.533 bits per heavy atom. The molecule has 0 saturated heterocycles. The van der Waals surface area contributed by atoms with E-state index in [4.69, 9.17) is 11.5 Å². The van der Waals surface area contributed by atoms with Gasteiger partial charge in [0.05, 0.1) is 36.2 Å². The smallest absolute Gasteiger partial charge is 0.303 e. The molecule has 23 N–H and O–H groups in total. The van der Waals surface area contributed by atoms with Gasteiger partial charge < -0.3 is 101 Å². The Bertz CT molecular complexity index is 4870. The molecule has 40 heteroatoms. The van der Waals surface area contributed by atoms with Crippen LogP contribution in [0.1, 0.15) is 230 Å². The summed E-state index contributed by atoms with van der Waals surface area (Å²) in [5, 5.41) is 66.9. The Morgan fingerprint density at radius 2 is 1.12 bits per heavy atom. The minimum Gasteiger partial charge on any atom is -0.508 e. The normalized spacial score (nSPS) is 22.2. The van der Waals surface area contributed by atoms with Gasteiger partial charge in [-0.3, -0.25) is 96.5 Å². The van der Waals surface area contributed by atoms with E-state index in [2.05, 4.69) is 85.0 Å². The number of primary amides is 2. The van der Waals surface area contributed by atoms with Gasteiger partial charge in [0.1, 0.15) is 65.2 Å². The first-order valence-corrected chi connectivity index (χ1v) is 47.0. The number of para-hydroxylation sites is 1. The van der Waals surface area contributed by atoms with Crippen molar-refractivity contribution in [3.63, 3.8) is 0 Å². The number of aromatic nitrogens is 1. The summed E-state index contributed by atoms with van der Waals surface area (Å²) in [6, 6.07) is 2.32. The van der Waals surface area contributed by atoms with Crippen molar-refractivity contribution in [1.29, 1.82) is 0 Å². The number of allylic oxidation sites excluding steroid dienone is 2. The Balaban J connectivity index is 1.59. The maximum Gasteiger partial charge on any atom is 0.303 e. The summed E-state index contributed by atoms with van der Waals surface area (Å²) in [6.45, 7) is 22.1. The van der Waals surface area contributed by atoms with Crippen LogP contribution in [0.5, 0.6) is 5.75 Å². The van der Waals surface area contributed by atoms with Gasteiger partial charge in [-0.25, -0.2) is 5.43 Å². The zero-order chi connectivity index (χ0) is 102. The van der Waals surface area contributed by atoms with Gasteiger partial charge in [-0.15, -0.1) is 0 Å². The fraction of sp³-hybridized carbons (Fsp3) is 0.577. The number of hydrogen-bond acceptors (Lipinski definition) is 24. The SMILES string of the molecule is CC(=O)N[C@@H](CC(C)C)C(=O)N[C@H](C(=O)N[C@@H](Cc1ccccc1)C(=O)N[C@]1(C)CCCCCC/C=C/CCC[C@@](C)(C(=O)N[C@@H](C)C(=O)NC(C)C(=O)N[C@@H](C)C(=O)C(=O)[C@H](C)NN[C@H](C)CC[C@H](C)C(N)=O)NC(=O)[C@H](CC(C)C)CN[C@@H](CCC(N)=O)C(=O)C(=O)C(C)NC(=O)[C@H](Cc2c[nH]c3ccccc23)NC(=O)C(Cc2ccc(O)cc2)NC(=O)[C@H](CCC(=O)O)NC1=O)[C@@H](C)O. The third-order valence-electron chi connectivity index (χ3n) is 23.9. The van der Waals surface area contributed by atoms with Crippen LogP contribution in [0.4, 0.5) is 0 Å². The van der Waals surface area contributed by atoms with Gasteiger partial charge in [-0.05, 0) is 186 Å². The number of nitrogens with one attached hydrogen (secondary N) is 16. The van der Waals surface area contributed by atoms with E-state index in [0.717, 1.165) is 0 Å². The maximum atomic E-state index is 15.6. The van der Waals surface area contributed by atoms with Crippen LogP contribution in [-0.4, -0.2) is 234 Å². The monoisotopic (exact) mass is 1910 g/mol. The van der Waals surface area contributed by atoms with E-state index in [1.807, 2.05) is 12.2 Å². The molecule has 5 rings (SSSR count). The molecule has 0 spiro atoms. The largest absolute Gasteiger partial charge is 0.508 e. The fourth-order valence-electron chi connectivity index (χ4n) is 15.5. The highest BCUT2D eigenvalue weighted by molar-refractivity contribution is 6.41. The molecule has 0 saturated carbocycles. The van der Waals surface area contributed by atoms with E-state index >= 15 is 28.8 Å². The predicted molar refractivity (Wildman–Crippen MR) is 509 cm³/mol. The number of carbonyl (C=O) groups excluding carboxylic acids is 18. The first-order valence-electron chi connectivity index (χ1n) is 47.0. The number of fused-ring (bicyclic) bond motifs is 1. The van der Waals surface area contributed by atoms with Crippen molar-refractivity contribution in [2.24, 2.45) is 35.1 Å². The van der Waals surface area contributed by atoms with Crippen molar-refractivity contribution in [3.8, 4) is 5.75 Å². The molecule has 2 heterocycles. The number of phenols is 1. The molecule has 0 fully saturated rings. The number of hydrogen-bond donors (Lipinski definition) is 21. The summed E-state index contributed by atoms with van der Waals surface area (Å²) in [6.07, 6.45) is 4.01. The molecular weight excluding hydrogens is 1770 g/mol. The molecule has 137 heavy (non-hydrogen) atoms. The molecule has 18 atom stereocenters. The number of nitrogens with two attached hydrogens (primary N) is 2. The number of carbonyl (C=O) groups is 19. The third-order valence-corrected chi connectivity index (χ3v) is 23.9. The summed E-state index contributed by atoms with van der Waals surface area (Å²) in [7, 11) is 0. The second-order valence-electron chi connectivity index (χ2n) is 37.3. The Morgan fingerprint density at radius 3 is 1.73 bits per heavy atom. The van der Waals surface area contributed by atoms with Crippen LogP contribution in [0.15, 0.2) is 97.2 Å². The lowest BCUT2D eigenvalue weighted by Crippen LogP contribution is -2.65. The van der Waals surface area contributed by atoms with E-state index in [0.29, 0.717) is 72.5 Å². The van der Waals surface area contributed by atoms with E-state index in [9.17, 15) is 77.6 Å². The van der Waals surface area contributed by atoms with Crippen molar-refractivity contribution >= 4 is 123 Å². The number of aliphatic hydroxyl groups is 1. The number of aromatic amines is 1. The number of carboxylic acid groups (broad SMARTS) is 1. The average molecular weight is 1910 g/mol. The average Bonchev–Trinajstić information content (AvgIpc) is 1.22. The van der Waals surface area contributed by atoms with Crippen LogP contribution in [0.2, 0.25) is 0 Å². The van der Waals surface area contributed by atoms with Crippen molar-refractivity contribution in [2.75, 3.05) is 6.54 Å². The van der Waals surface area contributed by atoms with Gasteiger partial charge in [0.2, 0.25) is 106 Å². The molecule has 14 amide bonds. The number of ketones is 4. The molecule has 1 aliphatic heterocycles. The van der Waals surface area contributed by atoms with Crippen LogP contribution in [0, 0.1) is 23.7 Å². The van der Waals surface area contributed by atoms with Crippen LogP contribution in [-0.2, 0) is 110 Å². The number of rotatable bonds is 40. The zero-order valence-corrected chi connectivity index (χ0v) is 81.2. The van der Waals surface area contributed by atoms with Crippen LogP contribution in [0.3, 0.4) is 0 Å². The van der Waals surface area contributed by atoms with Crippen LogP contribution in [0.25, 0.3) is 10.9 Å². The van der Waals surface area contributed by atoms with Gasteiger partial charge in [0.15, 0.2) is 0 Å². The molecule has 754 valence electrons. The highest BCUT2D eigenvalue weighted by Crippen LogP contribution is 2.25. The molecular formula is C97H144N18O22. The molecule has 0 radical (unpaired) electrons. The zero-order valence-electron chi connectivity index (χ0n) is 81.2. The highest BCUT2D eigenvalue weighted by atomic mass is 16.4. The van der Waals surface area contributed by atoms with Crippen LogP contribution >= 0.6 is 0 Å². The number of hydrazine groups is 1. The highest BCUT2D eigenvalue weighted by Gasteiger charge is 2.44. The minimum absolute atomic E-state index is 0.0770. The lowest BCUT2D eigenvalue weighted by Gasteiger charge is -2.34. The molecule has 1 aromatic heterocycles.